The van der Waals surface area contributed by atoms with Gasteiger partial charge < -0.3 is 15.0 Å². The molecule has 32 heavy (non-hydrogen) atoms. The Morgan fingerprint density at radius 1 is 1.09 bits per heavy atom. The number of aromatic nitrogens is 4. The van der Waals surface area contributed by atoms with E-state index in [1.54, 1.807) is 18.6 Å². The summed E-state index contributed by atoms with van der Waals surface area (Å²) in [6.07, 6.45) is 5.65. The van der Waals surface area contributed by atoms with E-state index in [2.05, 4.69) is 44.2 Å². The Balaban J connectivity index is 1.35. The second kappa shape index (κ2) is 8.39. The van der Waals surface area contributed by atoms with E-state index in [-0.39, 0.29) is 18.1 Å². The summed E-state index contributed by atoms with van der Waals surface area (Å²) in [5, 5.41) is 10.8. The number of morpholine rings is 1. The predicted molar refractivity (Wildman–Crippen MR) is 124 cm³/mol. The highest BCUT2D eigenvalue weighted by Crippen LogP contribution is 2.26. The number of benzene rings is 1. The van der Waals surface area contributed by atoms with Crippen molar-refractivity contribution >= 4 is 28.3 Å². The first-order valence-electron chi connectivity index (χ1n) is 10.6. The van der Waals surface area contributed by atoms with Crippen molar-refractivity contribution in [3.8, 4) is 11.1 Å². The molecule has 0 spiro atoms. The number of rotatable bonds is 4. The Hall–Kier alpha value is -3.78. The van der Waals surface area contributed by atoms with Crippen molar-refractivity contribution in [1.29, 1.82) is 0 Å². The van der Waals surface area contributed by atoms with Crippen LogP contribution in [0.5, 0.6) is 0 Å². The van der Waals surface area contributed by atoms with Gasteiger partial charge in [0.05, 0.1) is 29.6 Å². The molecule has 0 saturated carbocycles. The minimum absolute atomic E-state index is 0.169. The van der Waals surface area contributed by atoms with Crippen LogP contribution in [0.3, 0.4) is 0 Å². The van der Waals surface area contributed by atoms with Gasteiger partial charge in [0.2, 0.25) is 0 Å². The number of anilines is 2. The maximum atomic E-state index is 12.9. The molecule has 2 N–H and O–H groups in total. The second-order valence-electron chi connectivity index (χ2n) is 8.09. The smallest absolute Gasteiger partial charge is 0.277 e. The summed E-state index contributed by atoms with van der Waals surface area (Å²) in [6, 6.07) is 13.5. The third-order valence-electron chi connectivity index (χ3n) is 5.55. The van der Waals surface area contributed by atoms with Gasteiger partial charge in [0.25, 0.3) is 5.91 Å². The van der Waals surface area contributed by atoms with Crippen molar-refractivity contribution in [2.24, 2.45) is 0 Å². The Kier molecular flexibility index (Phi) is 5.28. The van der Waals surface area contributed by atoms with Gasteiger partial charge in [-0.05, 0) is 49.7 Å². The maximum absolute atomic E-state index is 12.9. The van der Waals surface area contributed by atoms with Crippen LogP contribution >= 0.6 is 0 Å². The molecule has 0 aliphatic carbocycles. The number of nitrogens with one attached hydrogen (secondary N) is 2. The number of nitrogens with zero attached hydrogens (tertiary/aromatic N) is 4. The molecule has 8 heteroatoms. The predicted octanol–water partition coefficient (Wildman–Crippen LogP) is 3.89. The Bertz CT molecular complexity index is 1230. The number of carbonyl (C=O) groups is 1. The molecule has 2 atom stereocenters. The van der Waals surface area contributed by atoms with E-state index in [0.29, 0.717) is 11.5 Å². The lowest BCUT2D eigenvalue weighted by Crippen LogP contribution is -2.45. The molecule has 0 radical (unpaired) electrons. The molecular formula is C24H24N6O2. The summed E-state index contributed by atoms with van der Waals surface area (Å²) in [5.74, 6) is 0.168. The minimum Gasteiger partial charge on any atom is -0.372 e. The zero-order valence-electron chi connectivity index (χ0n) is 17.9. The summed E-state index contributed by atoms with van der Waals surface area (Å²) in [6.45, 7) is 5.77. The van der Waals surface area contributed by atoms with E-state index >= 15 is 0 Å². The van der Waals surface area contributed by atoms with Crippen molar-refractivity contribution in [1.82, 2.24) is 20.2 Å². The van der Waals surface area contributed by atoms with Gasteiger partial charge in [-0.15, -0.1) is 0 Å². The highest BCUT2D eigenvalue weighted by atomic mass is 16.5. The lowest BCUT2D eigenvalue weighted by Gasteiger charge is -2.36. The second-order valence-corrected chi connectivity index (χ2v) is 8.09. The van der Waals surface area contributed by atoms with Crippen molar-refractivity contribution < 1.29 is 9.53 Å². The van der Waals surface area contributed by atoms with Crippen molar-refractivity contribution in [2.75, 3.05) is 23.3 Å². The van der Waals surface area contributed by atoms with E-state index in [0.717, 1.165) is 40.8 Å². The number of fused-ring (bicyclic) bond motifs is 1. The fraction of sp³-hybridized carbons (Fsp3) is 0.250. The molecule has 3 aromatic heterocycles. The number of aromatic amines is 1. The van der Waals surface area contributed by atoms with Crippen LogP contribution in [0.2, 0.25) is 0 Å². The first kappa shape index (κ1) is 20.1. The van der Waals surface area contributed by atoms with E-state index in [1.165, 1.54) is 0 Å². The van der Waals surface area contributed by atoms with Crippen LogP contribution in [0.25, 0.3) is 22.0 Å². The molecule has 1 aliphatic heterocycles. The number of hydrogen-bond acceptors (Lipinski definition) is 6. The van der Waals surface area contributed by atoms with Crippen LogP contribution in [0.15, 0.2) is 61.1 Å². The molecule has 1 aliphatic rings. The van der Waals surface area contributed by atoms with Crippen LogP contribution < -0.4 is 10.2 Å². The van der Waals surface area contributed by atoms with Gasteiger partial charge in [-0.25, -0.2) is 4.98 Å². The van der Waals surface area contributed by atoms with Gasteiger partial charge in [-0.2, -0.15) is 5.10 Å². The number of pyridine rings is 2. The monoisotopic (exact) mass is 428 g/mol. The van der Waals surface area contributed by atoms with Crippen molar-refractivity contribution in [3.63, 3.8) is 0 Å². The van der Waals surface area contributed by atoms with Crippen LogP contribution in [-0.2, 0) is 4.74 Å². The summed E-state index contributed by atoms with van der Waals surface area (Å²) in [5.41, 5.74) is 4.08. The molecule has 0 bridgehead atoms. The van der Waals surface area contributed by atoms with Gasteiger partial charge in [-0.3, -0.25) is 14.9 Å². The lowest BCUT2D eigenvalue weighted by molar-refractivity contribution is -0.00523. The highest BCUT2D eigenvalue weighted by Gasteiger charge is 2.23. The van der Waals surface area contributed by atoms with Gasteiger partial charge in [0, 0.05) is 36.4 Å². The van der Waals surface area contributed by atoms with Gasteiger partial charge >= 0.3 is 0 Å². The number of amides is 1. The Morgan fingerprint density at radius 2 is 1.94 bits per heavy atom. The van der Waals surface area contributed by atoms with Crippen LogP contribution in [0.4, 0.5) is 11.5 Å². The SMILES string of the molecule is CC1CN(c2ccc(NC(=O)c3n[nH]c4ccc(-c5cccnc5)cc34)nc2)CC(C)O1. The molecule has 162 valence electrons. The van der Waals surface area contributed by atoms with Crippen molar-refractivity contribution in [3.05, 3.63) is 66.7 Å². The molecule has 1 aromatic carbocycles. The zero-order chi connectivity index (χ0) is 22.1. The zero-order valence-corrected chi connectivity index (χ0v) is 17.9. The molecule has 2 unspecified atom stereocenters. The summed E-state index contributed by atoms with van der Waals surface area (Å²) in [7, 11) is 0. The van der Waals surface area contributed by atoms with Gasteiger partial charge in [0.1, 0.15) is 5.82 Å². The average Bonchev–Trinajstić information content (AvgIpc) is 3.23. The van der Waals surface area contributed by atoms with Crippen LogP contribution in [0.1, 0.15) is 24.3 Å². The highest BCUT2D eigenvalue weighted by molar-refractivity contribution is 6.11. The van der Waals surface area contributed by atoms with Gasteiger partial charge in [-0.1, -0.05) is 12.1 Å². The molecule has 1 fully saturated rings. The molecular weight excluding hydrogens is 404 g/mol. The van der Waals surface area contributed by atoms with Crippen molar-refractivity contribution in [2.45, 2.75) is 26.1 Å². The quantitative estimate of drug-likeness (QED) is 0.512. The van der Waals surface area contributed by atoms with Crippen LogP contribution in [0, 0.1) is 0 Å². The third-order valence-corrected chi connectivity index (χ3v) is 5.55. The number of H-pyrrole nitrogens is 1. The topological polar surface area (TPSA) is 96.0 Å². The fourth-order valence-electron chi connectivity index (χ4n) is 4.11. The van der Waals surface area contributed by atoms with E-state index in [9.17, 15) is 4.79 Å². The number of ether oxygens (including phenoxy) is 1. The molecule has 4 heterocycles. The summed E-state index contributed by atoms with van der Waals surface area (Å²) in [4.78, 5) is 23.8. The molecule has 1 amide bonds. The summed E-state index contributed by atoms with van der Waals surface area (Å²) >= 11 is 0. The fourth-order valence-corrected chi connectivity index (χ4v) is 4.11. The van der Waals surface area contributed by atoms with E-state index in [1.807, 2.05) is 42.5 Å². The normalized spacial score (nSPS) is 18.6. The minimum atomic E-state index is -0.312. The van der Waals surface area contributed by atoms with E-state index in [4.69, 9.17) is 4.74 Å². The third kappa shape index (κ3) is 4.04. The molecule has 5 rings (SSSR count). The van der Waals surface area contributed by atoms with Gasteiger partial charge in [0.15, 0.2) is 5.69 Å². The average molecular weight is 428 g/mol. The number of hydrogen-bond donors (Lipinski definition) is 2. The number of carbonyl (C=O) groups excluding carboxylic acids is 1. The maximum Gasteiger partial charge on any atom is 0.277 e. The largest absolute Gasteiger partial charge is 0.372 e. The van der Waals surface area contributed by atoms with E-state index < -0.39 is 0 Å². The molecule has 1 saturated heterocycles. The standard InChI is InChI=1S/C24H24N6O2/c1-15-13-30(14-16(2)32-15)19-6-8-22(26-12-19)27-24(31)23-20-10-17(5-7-21(20)28-29-23)18-4-3-9-25-11-18/h3-12,15-16H,13-14H2,1-2H3,(H,28,29)(H,26,27,31). The Morgan fingerprint density at radius 3 is 2.66 bits per heavy atom. The Labute approximate surface area is 185 Å². The lowest BCUT2D eigenvalue weighted by atomic mass is 10.0. The van der Waals surface area contributed by atoms with Crippen LogP contribution in [-0.4, -0.2) is 51.4 Å². The first-order chi connectivity index (χ1) is 15.6. The summed E-state index contributed by atoms with van der Waals surface area (Å²) < 4.78 is 5.79. The molecule has 8 nitrogen and oxygen atoms in total. The molecule has 4 aromatic rings. The first-order valence-corrected chi connectivity index (χ1v) is 10.6.